The minimum absolute atomic E-state index is 0.105. The molecule has 23 heavy (non-hydrogen) atoms. The monoisotopic (exact) mass is 326 g/mol. The fourth-order valence-electron chi connectivity index (χ4n) is 3.78. The predicted molar refractivity (Wildman–Crippen MR) is 91.6 cm³/mol. The molecule has 2 rings (SSSR count). The van der Waals surface area contributed by atoms with Crippen LogP contribution < -0.4 is 10.6 Å². The lowest BCUT2D eigenvalue weighted by molar-refractivity contribution is -0.172. The molecule has 1 amide bonds. The lowest BCUT2D eigenvalue weighted by Crippen LogP contribution is -2.67. The topological polar surface area (TPSA) is 59.6 Å². The van der Waals surface area contributed by atoms with Gasteiger partial charge in [-0.25, -0.2) is 4.79 Å². The van der Waals surface area contributed by atoms with Crippen molar-refractivity contribution in [1.29, 1.82) is 0 Å². The Morgan fingerprint density at radius 2 is 2.00 bits per heavy atom. The largest absolute Gasteiger partial charge is 0.444 e. The van der Waals surface area contributed by atoms with Crippen LogP contribution in [0, 0.1) is 5.41 Å². The van der Waals surface area contributed by atoms with E-state index in [2.05, 4.69) is 24.5 Å². The summed E-state index contributed by atoms with van der Waals surface area (Å²) < 4.78 is 11.2. The molecule has 3 atom stereocenters. The maximum atomic E-state index is 11.9. The van der Waals surface area contributed by atoms with Crippen LogP contribution in [0.25, 0.3) is 0 Å². The lowest BCUT2D eigenvalue weighted by atomic mass is 9.51. The second-order valence-electron chi connectivity index (χ2n) is 7.98. The van der Waals surface area contributed by atoms with Gasteiger partial charge in [0, 0.05) is 30.7 Å². The van der Waals surface area contributed by atoms with Gasteiger partial charge in [-0.1, -0.05) is 13.3 Å². The van der Waals surface area contributed by atoms with E-state index >= 15 is 0 Å². The van der Waals surface area contributed by atoms with Crippen LogP contribution in [-0.2, 0) is 9.47 Å². The number of hydrogen-bond acceptors (Lipinski definition) is 4. The molecular formula is C18H34N2O3. The van der Waals surface area contributed by atoms with E-state index in [0.29, 0.717) is 17.6 Å². The molecule has 5 heteroatoms. The SMILES string of the molecule is CCOC1CC(NCC(CC)NC(=O)OC(C)(C)C)C12CCC2. The van der Waals surface area contributed by atoms with E-state index in [1.807, 2.05) is 20.8 Å². The van der Waals surface area contributed by atoms with E-state index in [9.17, 15) is 4.79 Å². The Kier molecular flexibility index (Phi) is 5.95. The van der Waals surface area contributed by atoms with E-state index in [4.69, 9.17) is 9.47 Å². The Hall–Kier alpha value is -0.810. The molecule has 2 aliphatic rings. The maximum Gasteiger partial charge on any atom is 0.407 e. The molecule has 2 N–H and O–H groups in total. The number of rotatable bonds is 7. The van der Waals surface area contributed by atoms with Crippen LogP contribution in [-0.4, -0.2) is 43.0 Å². The molecule has 1 spiro atoms. The molecule has 3 unspecified atom stereocenters. The second kappa shape index (κ2) is 7.39. The molecule has 2 saturated carbocycles. The Morgan fingerprint density at radius 1 is 1.30 bits per heavy atom. The van der Waals surface area contributed by atoms with E-state index < -0.39 is 5.60 Å². The first-order valence-corrected chi connectivity index (χ1v) is 9.15. The molecule has 0 heterocycles. The summed E-state index contributed by atoms with van der Waals surface area (Å²) in [7, 11) is 0. The van der Waals surface area contributed by atoms with Gasteiger partial charge in [0.15, 0.2) is 0 Å². The molecule has 0 aromatic rings. The van der Waals surface area contributed by atoms with Crippen LogP contribution >= 0.6 is 0 Å². The van der Waals surface area contributed by atoms with Crippen LogP contribution in [0.1, 0.15) is 66.7 Å². The van der Waals surface area contributed by atoms with Gasteiger partial charge in [-0.2, -0.15) is 0 Å². The Bertz CT molecular complexity index is 402. The minimum Gasteiger partial charge on any atom is -0.444 e. The molecule has 0 aliphatic heterocycles. The zero-order chi connectivity index (χ0) is 17.1. The summed E-state index contributed by atoms with van der Waals surface area (Å²) in [5, 5.41) is 6.64. The number of hydrogen-bond donors (Lipinski definition) is 2. The van der Waals surface area contributed by atoms with Crippen LogP contribution in [0.2, 0.25) is 0 Å². The first-order valence-electron chi connectivity index (χ1n) is 9.15. The molecule has 0 radical (unpaired) electrons. The maximum absolute atomic E-state index is 11.9. The number of nitrogens with one attached hydrogen (secondary N) is 2. The predicted octanol–water partition coefficient (Wildman–Crippen LogP) is 3.23. The fraction of sp³-hybridized carbons (Fsp3) is 0.944. The van der Waals surface area contributed by atoms with Gasteiger partial charge in [-0.3, -0.25) is 0 Å². The van der Waals surface area contributed by atoms with Crippen molar-refractivity contribution in [2.75, 3.05) is 13.2 Å². The van der Waals surface area contributed by atoms with Gasteiger partial charge in [0.2, 0.25) is 0 Å². The number of ether oxygens (including phenoxy) is 2. The van der Waals surface area contributed by atoms with E-state index in [1.165, 1.54) is 19.3 Å². The van der Waals surface area contributed by atoms with Gasteiger partial charge in [0.1, 0.15) is 5.60 Å². The highest BCUT2D eigenvalue weighted by Gasteiger charge is 2.58. The standard InChI is InChI=1S/C18H34N2O3/c1-6-13(20-16(21)23-17(3,4)5)12-19-14-11-15(22-7-2)18(14)9-8-10-18/h13-15,19H,6-12H2,1-5H3,(H,20,21). The van der Waals surface area contributed by atoms with E-state index in [-0.39, 0.29) is 12.1 Å². The minimum atomic E-state index is -0.454. The fourth-order valence-corrected chi connectivity index (χ4v) is 3.78. The molecule has 0 bridgehead atoms. The van der Waals surface area contributed by atoms with Crippen molar-refractivity contribution in [3.05, 3.63) is 0 Å². The molecule has 2 fully saturated rings. The van der Waals surface area contributed by atoms with E-state index in [0.717, 1.165) is 26.0 Å². The van der Waals surface area contributed by atoms with Crippen molar-refractivity contribution < 1.29 is 14.3 Å². The normalized spacial score (nSPS) is 27.0. The van der Waals surface area contributed by atoms with Gasteiger partial charge in [0.25, 0.3) is 0 Å². The highest BCUT2D eigenvalue weighted by atomic mass is 16.6. The average Bonchev–Trinajstić information content (AvgIpc) is 2.36. The van der Waals surface area contributed by atoms with Crippen molar-refractivity contribution in [2.45, 2.75) is 90.5 Å². The Morgan fingerprint density at radius 3 is 2.48 bits per heavy atom. The van der Waals surface area contributed by atoms with Crippen molar-refractivity contribution in [2.24, 2.45) is 5.41 Å². The molecule has 2 aliphatic carbocycles. The summed E-state index contributed by atoms with van der Waals surface area (Å²) in [4.78, 5) is 11.9. The zero-order valence-corrected chi connectivity index (χ0v) is 15.4. The number of alkyl carbamates (subject to hydrolysis) is 1. The van der Waals surface area contributed by atoms with Gasteiger partial charge in [-0.15, -0.1) is 0 Å². The lowest BCUT2D eigenvalue weighted by Gasteiger charge is -2.61. The molecule has 5 nitrogen and oxygen atoms in total. The van der Waals surface area contributed by atoms with Gasteiger partial charge in [-0.05, 0) is 53.4 Å². The van der Waals surface area contributed by atoms with Gasteiger partial charge >= 0.3 is 6.09 Å². The van der Waals surface area contributed by atoms with Gasteiger partial charge < -0.3 is 20.1 Å². The first-order chi connectivity index (χ1) is 10.8. The van der Waals surface area contributed by atoms with Gasteiger partial charge in [0.05, 0.1) is 6.10 Å². The van der Waals surface area contributed by atoms with Crippen LogP contribution in [0.5, 0.6) is 0 Å². The average molecular weight is 326 g/mol. The highest BCUT2D eigenvalue weighted by molar-refractivity contribution is 5.68. The third kappa shape index (κ3) is 4.38. The third-order valence-electron chi connectivity index (χ3n) is 5.26. The van der Waals surface area contributed by atoms with Crippen molar-refractivity contribution in [3.8, 4) is 0 Å². The highest BCUT2D eigenvalue weighted by Crippen LogP contribution is 2.57. The number of carbonyl (C=O) groups is 1. The van der Waals surface area contributed by atoms with Crippen molar-refractivity contribution >= 4 is 6.09 Å². The summed E-state index contributed by atoms with van der Waals surface area (Å²) in [5.41, 5.74) is -0.0926. The zero-order valence-electron chi connectivity index (χ0n) is 15.4. The molecule has 134 valence electrons. The smallest absolute Gasteiger partial charge is 0.407 e. The molecule has 0 aromatic heterocycles. The first kappa shape index (κ1) is 18.5. The van der Waals surface area contributed by atoms with Crippen LogP contribution in [0.4, 0.5) is 4.79 Å². The number of carbonyl (C=O) groups excluding carboxylic acids is 1. The summed E-state index contributed by atoms with van der Waals surface area (Å²) in [6, 6.07) is 0.635. The Balaban J connectivity index is 1.77. The second-order valence-corrected chi connectivity index (χ2v) is 7.98. The quantitative estimate of drug-likeness (QED) is 0.754. The third-order valence-corrected chi connectivity index (χ3v) is 5.26. The van der Waals surface area contributed by atoms with Crippen molar-refractivity contribution in [3.63, 3.8) is 0 Å². The summed E-state index contributed by atoms with van der Waals surface area (Å²) in [6.45, 7) is 11.4. The summed E-state index contributed by atoms with van der Waals surface area (Å²) in [6.07, 6.45) is 5.94. The van der Waals surface area contributed by atoms with Crippen LogP contribution in [0.15, 0.2) is 0 Å². The van der Waals surface area contributed by atoms with Crippen molar-refractivity contribution in [1.82, 2.24) is 10.6 Å². The molecule has 0 aromatic carbocycles. The Labute approximate surface area is 140 Å². The van der Waals surface area contributed by atoms with Crippen LogP contribution in [0.3, 0.4) is 0 Å². The van der Waals surface area contributed by atoms with E-state index in [1.54, 1.807) is 0 Å². The summed E-state index contributed by atoms with van der Waals surface area (Å²) in [5.74, 6) is 0. The number of amides is 1. The summed E-state index contributed by atoms with van der Waals surface area (Å²) >= 11 is 0. The molecule has 0 saturated heterocycles. The molecular weight excluding hydrogens is 292 g/mol.